The molecule has 1 aliphatic heterocycles. The van der Waals surface area contributed by atoms with Crippen LogP contribution >= 0.6 is 0 Å². The Morgan fingerprint density at radius 1 is 1.31 bits per heavy atom. The smallest absolute Gasteiger partial charge is 0.238 e. The van der Waals surface area contributed by atoms with Gasteiger partial charge in [0.2, 0.25) is 5.91 Å². The molecule has 16 heavy (non-hydrogen) atoms. The molecule has 0 aromatic heterocycles. The van der Waals surface area contributed by atoms with Gasteiger partial charge in [0.05, 0.1) is 0 Å². The van der Waals surface area contributed by atoms with Crippen molar-refractivity contribution in [2.24, 2.45) is 5.92 Å². The quantitative estimate of drug-likeness (QED) is 0.731. The molecule has 2 rings (SSSR count). The van der Waals surface area contributed by atoms with Crippen LogP contribution in [0.2, 0.25) is 0 Å². The topological polar surface area (TPSA) is 49.4 Å². The van der Waals surface area contributed by atoms with Crippen molar-refractivity contribution >= 4 is 12.2 Å². The number of nitrogens with one attached hydrogen (secondary N) is 1. The van der Waals surface area contributed by atoms with E-state index in [9.17, 15) is 9.59 Å². The number of carbonyl (C=O) groups is 2. The van der Waals surface area contributed by atoms with Crippen LogP contribution in [-0.4, -0.2) is 29.8 Å². The van der Waals surface area contributed by atoms with Crippen LogP contribution in [0.25, 0.3) is 0 Å². The number of nitrogens with zero attached hydrogens (tertiary/aromatic N) is 1. The molecular formula is C12H20N2O2. The van der Waals surface area contributed by atoms with Gasteiger partial charge in [-0.05, 0) is 18.8 Å². The molecule has 0 radical (unpaired) electrons. The normalized spacial score (nSPS) is 27.4. The molecule has 2 aliphatic rings. The van der Waals surface area contributed by atoms with Gasteiger partial charge in [0.1, 0.15) is 6.29 Å². The van der Waals surface area contributed by atoms with Crippen LogP contribution in [0.3, 0.4) is 0 Å². The molecule has 1 heterocycles. The first kappa shape index (κ1) is 11.6. The summed E-state index contributed by atoms with van der Waals surface area (Å²) in [4.78, 5) is 22.0. The number of hydrogen-bond donors (Lipinski definition) is 1. The van der Waals surface area contributed by atoms with Crippen molar-refractivity contribution in [1.29, 1.82) is 0 Å². The number of hydrogen-bond acceptors (Lipinski definition) is 3. The van der Waals surface area contributed by atoms with Crippen LogP contribution in [0.15, 0.2) is 0 Å². The summed E-state index contributed by atoms with van der Waals surface area (Å²) in [5.41, 5.74) is 3.27. The lowest BCUT2D eigenvalue weighted by atomic mass is 9.83. The minimum absolute atomic E-state index is 0.150. The third-order valence-electron chi connectivity index (χ3n) is 3.71. The summed E-state index contributed by atoms with van der Waals surface area (Å²) < 4.78 is 0. The Morgan fingerprint density at radius 3 is 2.75 bits per heavy atom. The van der Waals surface area contributed by atoms with Gasteiger partial charge in [-0.3, -0.25) is 9.80 Å². The summed E-state index contributed by atoms with van der Waals surface area (Å²) in [7, 11) is 0. The number of amides is 1. The number of aldehydes is 1. The van der Waals surface area contributed by atoms with Gasteiger partial charge in [-0.2, -0.15) is 0 Å². The molecule has 90 valence electrons. The van der Waals surface area contributed by atoms with Gasteiger partial charge in [-0.25, -0.2) is 5.43 Å². The Bertz CT molecular complexity index is 262. The molecule has 1 N–H and O–H groups in total. The maximum atomic E-state index is 11.7. The van der Waals surface area contributed by atoms with E-state index in [-0.39, 0.29) is 5.91 Å². The molecule has 1 amide bonds. The maximum Gasteiger partial charge on any atom is 0.238 e. The monoisotopic (exact) mass is 224 g/mol. The molecule has 0 aromatic rings. The number of carbonyl (C=O) groups excluding carboxylic acids is 2. The molecule has 4 nitrogen and oxygen atoms in total. The second-order valence-corrected chi connectivity index (χ2v) is 4.84. The molecule has 1 atom stereocenters. The van der Waals surface area contributed by atoms with E-state index in [0.29, 0.717) is 31.3 Å². The zero-order chi connectivity index (χ0) is 11.4. The maximum absolute atomic E-state index is 11.7. The van der Waals surface area contributed by atoms with Crippen molar-refractivity contribution in [3.63, 3.8) is 0 Å². The first-order valence-electron chi connectivity index (χ1n) is 6.31. The van der Waals surface area contributed by atoms with E-state index in [2.05, 4.69) is 5.43 Å². The van der Waals surface area contributed by atoms with Crippen molar-refractivity contribution in [2.75, 3.05) is 6.54 Å². The third kappa shape index (κ3) is 2.61. The first-order chi connectivity index (χ1) is 7.81. The molecule has 1 aliphatic carbocycles. The van der Waals surface area contributed by atoms with Gasteiger partial charge in [-0.1, -0.05) is 19.3 Å². The van der Waals surface area contributed by atoms with Gasteiger partial charge in [0.25, 0.3) is 0 Å². The summed E-state index contributed by atoms with van der Waals surface area (Å²) in [5, 5.41) is 1.63. The highest BCUT2D eigenvalue weighted by molar-refractivity contribution is 5.78. The van der Waals surface area contributed by atoms with Gasteiger partial charge < -0.3 is 4.79 Å². The van der Waals surface area contributed by atoms with Crippen LogP contribution in [-0.2, 0) is 9.59 Å². The van der Waals surface area contributed by atoms with Crippen LogP contribution in [0.1, 0.15) is 44.9 Å². The van der Waals surface area contributed by atoms with Crippen LogP contribution in [0.5, 0.6) is 0 Å². The second kappa shape index (κ2) is 5.43. The Kier molecular flexibility index (Phi) is 3.93. The van der Waals surface area contributed by atoms with E-state index in [1.807, 2.05) is 0 Å². The van der Waals surface area contributed by atoms with Gasteiger partial charge in [-0.15, -0.1) is 0 Å². The van der Waals surface area contributed by atoms with Crippen molar-refractivity contribution in [3.05, 3.63) is 0 Å². The van der Waals surface area contributed by atoms with Crippen molar-refractivity contribution in [2.45, 2.75) is 51.0 Å². The minimum Gasteiger partial charge on any atom is -0.303 e. The molecule has 1 unspecified atom stereocenters. The Hall–Kier alpha value is -0.900. The van der Waals surface area contributed by atoms with Crippen molar-refractivity contribution < 1.29 is 9.59 Å². The lowest BCUT2D eigenvalue weighted by molar-refractivity contribution is -0.129. The SMILES string of the molecule is O=CCCN1NC(C2CCCCC2)CC1=O. The van der Waals surface area contributed by atoms with Crippen LogP contribution in [0, 0.1) is 5.92 Å². The van der Waals surface area contributed by atoms with E-state index < -0.39 is 0 Å². The van der Waals surface area contributed by atoms with Crippen molar-refractivity contribution in [3.8, 4) is 0 Å². The number of hydrazine groups is 1. The Morgan fingerprint density at radius 2 is 2.06 bits per heavy atom. The summed E-state index contributed by atoms with van der Waals surface area (Å²) in [6, 6.07) is 0.319. The predicted octanol–water partition coefficient (Wildman–Crippen LogP) is 1.26. The van der Waals surface area contributed by atoms with E-state index in [1.165, 1.54) is 32.1 Å². The largest absolute Gasteiger partial charge is 0.303 e. The summed E-state index contributed by atoms with van der Waals surface area (Å²) in [6.07, 6.45) is 8.32. The average Bonchev–Trinajstić information content (AvgIpc) is 2.69. The lowest BCUT2D eigenvalue weighted by Crippen LogP contribution is -2.41. The fourth-order valence-corrected chi connectivity index (χ4v) is 2.80. The molecule has 1 saturated carbocycles. The average molecular weight is 224 g/mol. The van der Waals surface area contributed by atoms with Gasteiger partial charge in [0.15, 0.2) is 0 Å². The Labute approximate surface area is 96.3 Å². The number of rotatable bonds is 4. The third-order valence-corrected chi connectivity index (χ3v) is 3.71. The fourth-order valence-electron chi connectivity index (χ4n) is 2.80. The summed E-state index contributed by atoms with van der Waals surface area (Å²) >= 11 is 0. The molecular weight excluding hydrogens is 204 g/mol. The standard InChI is InChI=1S/C12H20N2O2/c15-8-4-7-14-12(16)9-11(13-14)10-5-2-1-3-6-10/h8,10-11,13H,1-7,9H2. The zero-order valence-electron chi connectivity index (χ0n) is 9.65. The van der Waals surface area contributed by atoms with Crippen LogP contribution < -0.4 is 5.43 Å². The highest BCUT2D eigenvalue weighted by Gasteiger charge is 2.34. The predicted molar refractivity (Wildman–Crippen MR) is 60.5 cm³/mol. The van der Waals surface area contributed by atoms with Gasteiger partial charge >= 0.3 is 0 Å². The van der Waals surface area contributed by atoms with E-state index in [1.54, 1.807) is 5.01 Å². The van der Waals surface area contributed by atoms with Gasteiger partial charge in [0, 0.05) is 25.4 Å². The zero-order valence-corrected chi connectivity index (χ0v) is 9.65. The molecule has 4 heteroatoms. The molecule has 1 saturated heterocycles. The minimum atomic E-state index is 0.150. The second-order valence-electron chi connectivity index (χ2n) is 4.84. The highest BCUT2D eigenvalue weighted by atomic mass is 16.2. The lowest BCUT2D eigenvalue weighted by Gasteiger charge is -2.27. The van der Waals surface area contributed by atoms with E-state index in [4.69, 9.17) is 0 Å². The molecule has 0 spiro atoms. The van der Waals surface area contributed by atoms with E-state index in [0.717, 1.165) is 6.29 Å². The summed E-state index contributed by atoms with van der Waals surface area (Å²) in [5.74, 6) is 0.802. The molecule has 0 bridgehead atoms. The van der Waals surface area contributed by atoms with Crippen molar-refractivity contribution in [1.82, 2.24) is 10.4 Å². The summed E-state index contributed by atoms with van der Waals surface area (Å²) in [6.45, 7) is 0.519. The first-order valence-corrected chi connectivity index (χ1v) is 6.31. The Balaban J connectivity index is 1.84. The fraction of sp³-hybridized carbons (Fsp3) is 0.833. The molecule has 2 fully saturated rings. The van der Waals surface area contributed by atoms with E-state index >= 15 is 0 Å². The molecule has 0 aromatic carbocycles. The highest BCUT2D eigenvalue weighted by Crippen LogP contribution is 2.30. The van der Waals surface area contributed by atoms with Crippen LogP contribution in [0.4, 0.5) is 0 Å².